The van der Waals surface area contributed by atoms with E-state index in [9.17, 15) is 0 Å². The number of benzene rings is 1. The molecule has 3 atom stereocenters. The molecule has 0 spiro atoms. The van der Waals surface area contributed by atoms with Gasteiger partial charge in [-0.1, -0.05) is 30.3 Å². The lowest BCUT2D eigenvalue weighted by Gasteiger charge is -2.31. The molecule has 2 aliphatic heterocycles. The topological polar surface area (TPSA) is 49.3 Å². The first-order valence-corrected chi connectivity index (χ1v) is 7.04. The van der Waals surface area contributed by atoms with Crippen molar-refractivity contribution < 1.29 is 19.0 Å². The van der Waals surface area contributed by atoms with E-state index in [2.05, 4.69) is 11.2 Å². The molecule has 5 heteroatoms. The Kier molecular flexibility index (Phi) is 3.89. The third-order valence-corrected chi connectivity index (χ3v) is 3.52. The first kappa shape index (κ1) is 13.4. The molecule has 0 bridgehead atoms. The molecule has 0 saturated carbocycles. The van der Waals surface area contributed by atoms with Crippen LogP contribution in [-0.2, 0) is 14.3 Å². The highest BCUT2D eigenvalue weighted by Crippen LogP contribution is 2.41. The van der Waals surface area contributed by atoms with E-state index in [1.54, 1.807) is 0 Å². The number of nitrogens with zero attached hydrogens (tertiary/aromatic N) is 1. The lowest BCUT2D eigenvalue weighted by molar-refractivity contribution is -0.234. The molecule has 1 saturated heterocycles. The molecule has 0 N–H and O–H groups in total. The summed E-state index contributed by atoms with van der Waals surface area (Å²) < 4.78 is 17.5. The smallest absolute Gasteiger partial charge is 0.212 e. The van der Waals surface area contributed by atoms with Crippen molar-refractivity contribution in [2.75, 3.05) is 13.2 Å². The van der Waals surface area contributed by atoms with Crippen molar-refractivity contribution in [3.05, 3.63) is 29.8 Å². The van der Waals surface area contributed by atoms with Gasteiger partial charge in [-0.3, -0.25) is 0 Å². The monoisotopic (exact) mass is 277 g/mol. The van der Waals surface area contributed by atoms with Gasteiger partial charge in [0.2, 0.25) is 12.6 Å². The maximum Gasteiger partial charge on any atom is 0.212 e. The van der Waals surface area contributed by atoms with Crippen molar-refractivity contribution in [2.45, 2.75) is 38.8 Å². The summed E-state index contributed by atoms with van der Waals surface area (Å²) in [6, 6.07) is 7.98. The van der Waals surface area contributed by atoms with Crippen LogP contribution in [0.5, 0.6) is 5.75 Å². The summed E-state index contributed by atoms with van der Waals surface area (Å²) in [5, 5.41) is 4.06. The summed E-state index contributed by atoms with van der Waals surface area (Å²) in [7, 11) is 0. The molecule has 108 valence electrons. The van der Waals surface area contributed by atoms with Gasteiger partial charge in [0.25, 0.3) is 0 Å². The molecule has 2 aliphatic rings. The van der Waals surface area contributed by atoms with Gasteiger partial charge in [-0.2, -0.15) is 0 Å². The van der Waals surface area contributed by atoms with Gasteiger partial charge in [0.1, 0.15) is 18.1 Å². The van der Waals surface area contributed by atoms with Gasteiger partial charge in [0.15, 0.2) is 0 Å². The average Bonchev–Trinajstić information content (AvgIpc) is 2.86. The number of hydrogen-bond donors (Lipinski definition) is 0. The Bertz CT molecular complexity index is 502. The predicted molar refractivity (Wildman–Crippen MR) is 73.8 cm³/mol. The third kappa shape index (κ3) is 2.39. The maximum atomic E-state index is 5.89. The standard InChI is InChI=1S/C15H19NO4/c1-3-12(16-18-4-2)15-17-9-11-10-7-5-6-8-13(10)19-14(11)20-15/h5-8,11,14-15H,3-4,9H2,1-2H3. The molecule has 0 radical (unpaired) electrons. The van der Waals surface area contributed by atoms with E-state index < -0.39 is 6.29 Å². The summed E-state index contributed by atoms with van der Waals surface area (Å²) in [6.07, 6.45) is -0.0683. The van der Waals surface area contributed by atoms with Crippen molar-refractivity contribution in [1.29, 1.82) is 0 Å². The van der Waals surface area contributed by atoms with Gasteiger partial charge in [-0.05, 0) is 19.4 Å². The maximum absolute atomic E-state index is 5.89. The summed E-state index contributed by atoms with van der Waals surface area (Å²) in [5.41, 5.74) is 1.90. The highest BCUT2D eigenvalue weighted by Gasteiger charge is 2.42. The minimum atomic E-state index is -0.484. The lowest BCUT2D eigenvalue weighted by atomic mass is 10.0. The summed E-state index contributed by atoms with van der Waals surface area (Å²) in [6.45, 7) is 4.99. The van der Waals surface area contributed by atoms with Crippen LogP contribution < -0.4 is 4.74 Å². The largest absolute Gasteiger partial charge is 0.464 e. The molecule has 5 nitrogen and oxygen atoms in total. The van der Waals surface area contributed by atoms with Gasteiger partial charge in [0.05, 0.1) is 12.5 Å². The van der Waals surface area contributed by atoms with Crippen LogP contribution in [0.2, 0.25) is 0 Å². The normalized spacial score (nSPS) is 28.5. The Labute approximate surface area is 118 Å². The highest BCUT2D eigenvalue weighted by atomic mass is 16.8. The molecule has 1 aromatic rings. The van der Waals surface area contributed by atoms with E-state index in [4.69, 9.17) is 19.0 Å². The second kappa shape index (κ2) is 5.81. The first-order valence-electron chi connectivity index (χ1n) is 7.04. The summed E-state index contributed by atoms with van der Waals surface area (Å²) >= 11 is 0. The highest BCUT2D eigenvalue weighted by molar-refractivity contribution is 5.87. The average molecular weight is 277 g/mol. The Hall–Kier alpha value is -1.59. The molecule has 0 aliphatic carbocycles. The van der Waals surface area contributed by atoms with Crippen LogP contribution in [0.15, 0.2) is 29.4 Å². The van der Waals surface area contributed by atoms with Crippen LogP contribution in [0.25, 0.3) is 0 Å². The second-order valence-electron chi connectivity index (χ2n) is 4.79. The molecule has 0 aromatic heterocycles. The minimum absolute atomic E-state index is 0.132. The molecule has 3 rings (SSSR count). The number of fused-ring (bicyclic) bond motifs is 3. The molecular formula is C15H19NO4. The van der Waals surface area contributed by atoms with Gasteiger partial charge in [-0.25, -0.2) is 0 Å². The van der Waals surface area contributed by atoms with E-state index in [1.165, 1.54) is 0 Å². The van der Waals surface area contributed by atoms with E-state index >= 15 is 0 Å². The van der Waals surface area contributed by atoms with Crippen molar-refractivity contribution in [3.8, 4) is 5.75 Å². The summed E-state index contributed by atoms with van der Waals surface area (Å²) in [5.74, 6) is 1.01. The van der Waals surface area contributed by atoms with Crippen molar-refractivity contribution in [1.82, 2.24) is 0 Å². The van der Waals surface area contributed by atoms with Crippen molar-refractivity contribution >= 4 is 5.71 Å². The quantitative estimate of drug-likeness (QED) is 0.627. The Morgan fingerprint density at radius 3 is 3.00 bits per heavy atom. The number of para-hydroxylation sites is 1. The first-order chi connectivity index (χ1) is 9.83. The fraction of sp³-hybridized carbons (Fsp3) is 0.533. The van der Waals surface area contributed by atoms with Gasteiger partial charge in [0, 0.05) is 5.56 Å². The molecule has 3 unspecified atom stereocenters. The fourth-order valence-corrected chi connectivity index (χ4v) is 2.49. The number of ether oxygens (including phenoxy) is 3. The van der Waals surface area contributed by atoms with Crippen molar-refractivity contribution in [3.63, 3.8) is 0 Å². The van der Waals surface area contributed by atoms with Gasteiger partial charge < -0.3 is 19.0 Å². The predicted octanol–water partition coefficient (Wildman–Crippen LogP) is 2.66. The number of oxime groups is 1. The molecular weight excluding hydrogens is 258 g/mol. The van der Waals surface area contributed by atoms with E-state index in [-0.39, 0.29) is 12.2 Å². The summed E-state index contributed by atoms with van der Waals surface area (Å²) in [4.78, 5) is 5.10. The van der Waals surface area contributed by atoms with Crippen molar-refractivity contribution in [2.24, 2.45) is 5.16 Å². The van der Waals surface area contributed by atoms with E-state index in [1.807, 2.05) is 32.0 Å². The third-order valence-electron chi connectivity index (χ3n) is 3.52. The molecule has 1 fully saturated rings. The zero-order valence-corrected chi connectivity index (χ0v) is 11.7. The molecule has 0 amide bonds. The minimum Gasteiger partial charge on any atom is -0.464 e. The van der Waals surface area contributed by atoms with Crippen LogP contribution in [0, 0.1) is 0 Å². The number of rotatable bonds is 4. The zero-order valence-electron chi connectivity index (χ0n) is 11.7. The van der Waals surface area contributed by atoms with Gasteiger partial charge >= 0.3 is 0 Å². The van der Waals surface area contributed by atoms with Crippen LogP contribution in [0.3, 0.4) is 0 Å². The van der Waals surface area contributed by atoms with Crippen LogP contribution >= 0.6 is 0 Å². The molecule has 20 heavy (non-hydrogen) atoms. The molecule has 2 heterocycles. The fourth-order valence-electron chi connectivity index (χ4n) is 2.49. The number of hydrogen-bond acceptors (Lipinski definition) is 5. The van der Waals surface area contributed by atoms with E-state index in [0.717, 1.165) is 23.4 Å². The SMILES string of the molecule is CCON=C(CC)C1OCC2c3ccccc3OC2O1. The molecule has 1 aromatic carbocycles. The lowest BCUT2D eigenvalue weighted by Crippen LogP contribution is -2.42. The zero-order chi connectivity index (χ0) is 13.9. The Balaban J connectivity index is 1.72. The second-order valence-corrected chi connectivity index (χ2v) is 4.79. The van der Waals surface area contributed by atoms with Crippen LogP contribution in [0.1, 0.15) is 31.7 Å². The van der Waals surface area contributed by atoms with E-state index in [0.29, 0.717) is 13.2 Å². The van der Waals surface area contributed by atoms with Gasteiger partial charge in [-0.15, -0.1) is 0 Å². The Morgan fingerprint density at radius 2 is 2.20 bits per heavy atom. The Morgan fingerprint density at radius 1 is 1.35 bits per heavy atom. The van der Waals surface area contributed by atoms with Crippen LogP contribution in [-0.4, -0.2) is 31.5 Å². The van der Waals surface area contributed by atoms with Crippen LogP contribution in [0.4, 0.5) is 0 Å².